The molecule has 0 bridgehead atoms. The molecule has 0 aliphatic carbocycles. The second-order valence-corrected chi connectivity index (χ2v) is 4.63. The van der Waals surface area contributed by atoms with E-state index in [1.54, 1.807) is 0 Å². The number of halogens is 1. The summed E-state index contributed by atoms with van der Waals surface area (Å²) in [6, 6.07) is 6.04. The number of ether oxygens (including phenoxy) is 2. The number of aliphatic carboxylic acids is 1. The van der Waals surface area contributed by atoms with Gasteiger partial charge in [0.15, 0.2) is 11.5 Å². The SMILES string of the molecule is Cl.O=C(O)CN1CCCC1c1ccc2c(c1)OCO2. The summed E-state index contributed by atoms with van der Waals surface area (Å²) in [5.41, 5.74) is 1.11. The minimum absolute atomic E-state index is 0. The van der Waals surface area contributed by atoms with E-state index < -0.39 is 5.97 Å². The molecule has 1 N–H and O–H groups in total. The highest BCUT2D eigenvalue weighted by Gasteiger charge is 2.28. The Labute approximate surface area is 117 Å². The van der Waals surface area contributed by atoms with E-state index in [0.717, 1.165) is 36.4 Å². The van der Waals surface area contributed by atoms with Crippen LogP contribution in [0.25, 0.3) is 0 Å². The monoisotopic (exact) mass is 285 g/mol. The third kappa shape index (κ3) is 2.77. The van der Waals surface area contributed by atoms with Crippen LogP contribution in [0, 0.1) is 0 Å². The van der Waals surface area contributed by atoms with Gasteiger partial charge in [-0.3, -0.25) is 9.69 Å². The first-order valence-corrected chi connectivity index (χ1v) is 6.09. The number of carboxylic acid groups (broad SMARTS) is 1. The quantitative estimate of drug-likeness (QED) is 0.921. The Bertz CT molecular complexity index is 480. The summed E-state index contributed by atoms with van der Waals surface area (Å²) in [6.07, 6.45) is 2.03. The van der Waals surface area contributed by atoms with Gasteiger partial charge in [0.2, 0.25) is 6.79 Å². The molecule has 1 aromatic rings. The molecule has 3 rings (SSSR count). The van der Waals surface area contributed by atoms with Gasteiger partial charge in [0.25, 0.3) is 0 Å². The zero-order valence-electron chi connectivity index (χ0n) is 10.4. The number of hydrogen-bond donors (Lipinski definition) is 1. The molecular weight excluding hydrogens is 270 g/mol. The topological polar surface area (TPSA) is 59.0 Å². The highest BCUT2D eigenvalue weighted by molar-refractivity contribution is 5.85. The van der Waals surface area contributed by atoms with Gasteiger partial charge in [0.1, 0.15) is 0 Å². The van der Waals surface area contributed by atoms with Crippen molar-refractivity contribution < 1.29 is 19.4 Å². The summed E-state index contributed by atoms with van der Waals surface area (Å²) < 4.78 is 10.6. The predicted molar refractivity (Wildman–Crippen MR) is 71.0 cm³/mol. The number of nitrogens with zero attached hydrogens (tertiary/aromatic N) is 1. The highest BCUT2D eigenvalue weighted by Crippen LogP contribution is 2.38. The lowest BCUT2D eigenvalue weighted by Gasteiger charge is -2.23. The number of hydrogen-bond acceptors (Lipinski definition) is 4. The third-order valence-electron chi connectivity index (χ3n) is 3.48. The number of benzene rings is 1. The van der Waals surface area contributed by atoms with Crippen molar-refractivity contribution in [1.29, 1.82) is 0 Å². The largest absolute Gasteiger partial charge is 0.480 e. The molecule has 1 fully saturated rings. The van der Waals surface area contributed by atoms with Crippen LogP contribution in [0.3, 0.4) is 0 Å². The fourth-order valence-electron chi connectivity index (χ4n) is 2.69. The number of carboxylic acids is 1. The molecule has 2 aliphatic heterocycles. The van der Waals surface area contributed by atoms with Crippen molar-refractivity contribution in [1.82, 2.24) is 4.90 Å². The Morgan fingerprint density at radius 3 is 2.95 bits per heavy atom. The Balaban J connectivity index is 0.00000133. The molecule has 0 amide bonds. The Morgan fingerprint density at radius 1 is 1.37 bits per heavy atom. The molecule has 1 aromatic carbocycles. The summed E-state index contributed by atoms with van der Waals surface area (Å²) in [5.74, 6) is 0.749. The van der Waals surface area contributed by atoms with Crippen LogP contribution >= 0.6 is 12.4 Å². The molecule has 2 aliphatic rings. The van der Waals surface area contributed by atoms with Crippen molar-refractivity contribution in [3.05, 3.63) is 23.8 Å². The maximum atomic E-state index is 10.8. The zero-order chi connectivity index (χ0) is 12.5. The lowest BCUT2D eigenvalue weighted by Crippen LogP contribution is -2.29. The third-order valence-corrected chi connectivity index (χ3v) is 3.48. The minimum Gasteiger partial charge on any atom is -0.480 e. The molecule has 1 unspecified atom stereocenters. The van der Waals surface area contributed by atoms with Gasteiger partial charge in [-0.05, 0) is 37.1 Å². The summed E-state index contributed by atoms with van der Waals surface area (Å²) in [6.45, 7) is 1.20. The molecule has 0 aromatic heterocycles. The van der Waals surface area contributed by atoms with Crippen LogP contribution in [-0.4, -0.2) is 35.9 Å². The van der Waals surface area contributed by atoms with Crippen molar-refractivity contribution in [3.8, 4) is 11.5 Å². The molecular formula is C13H16ClNO4. The van der Waals surface area contributed by atoms with Crippen LogP contribution in [-0.2, 0) is 4.79 Å². The van der Waals surface area contributed by atoms with E-state index in [1.165, 1.54) is 0 Å². The maximum absolute atomic E-state index is 10.8. The summed E-state index contributed by atoms with van der Waals surface area (Å²) >= 11 is 0. The number of likely N-dealkylation sites (tertiary alicyclic amines) is 1. The molecule has 0 saturated carbocycles. The van der Waals surface area contributed by atoms with E-state index in [0.29, 0.717) is 0 Å². The molecule has 5 nitrogen and oxygen atoms in total. The summed E-state index contributed by atoms with van der Waals surface area (Å²) in [5, 5.41) is 8.91. The molecule has 2 heterocycles. The van der Waals surface area contributed by atoms with E-state index in [1.807, 2.05) is 23.1 Å². The van der Waals surface area contributed by atoms with Crippen molar-refractivity contribution in [2.75, 3.05) is 19.9 Å². The molecule has 1 saturated heterocycles. The molecule has 19 heavy (non-hydrogen) atoms. The van der Waals surface area contributed by atoms with Crippen LogP contribution in [0.5, 0.6) is 11.5 Å². The number of carbonyl (C=O) groups is 1. The van der Waals surface area contributed by atoms with E-state index in [9.17, 15) is 4.79 Å². The summed E-state index contributed by atoms with van der Waals surface area (Å²) in [4.78, 5) is 12.8. The Morgan fingerprint density at radius 2 is 2.16 bits per heavy atom. The van der Waals surface area contributed by atoms with Crippen molar-refractivity contribution in [2.45, 2.75) is 18.9 Å². The van der Waals surface area contributed by atoms with Gasteiger partial charge in [-0.2, -0.15) is 0 Å². The van der Waals surface area contributed by atoms with Crippen LogP contribution in [0.4, 0.5) is 0 Å². The first kappa shape index (κ1) is 14.0. The maximum Gasteiger partial charge on any atom is 0.317 e. The van der Waals surface area contributed by atoms with Gasteiger partial charge in [-0.15, -0.1) is 12.4 Å². The second kappa shape index (κ2) is 5.67. The highest BCUT2D eigenvalue weighted by atomic mass is 35.5. The molecule has 0 spiro atoms. The Hall–Kier alpha value is -1.46. The number of fused-ring (bicyclic) bond motifs is 1. The van der Waals surface area contributed by atoms with Crippen LogP contribution in [0.15, 0.2) is 18.2 Å². The van der Waals surface area contributed by atoms with Gasteiger partial charge in [-0.1, -0.05) is 6.07 Å². The predicted octanol–water partition coefficient (Wildman–Crippen LogP) is 2.06. The van der Waals surface area contributed by atoms with Gasteiger partial charge in [-0.25, -0.2) is 0 Å². The van der Waals surface area contributed by atoms with Gasteiger partial charge in [0.05, 0.1) is 6.54 Å². The Kier molecular flexibility index (Phi) is 4.17. The van der Waals surface area contributed by atoms with E-state index in [2.05, 4.69) is 0 Å². The molecule has 0 radical (unpaired) electrons. The molecule has 6 heteroatoms. The normalized spacial score (nSPS) is 21.2. The van der Waals surface area contributed by atoms with E-state index in [4.69, 9.17) is 14.6 Å². The van der Waals surface area contributed by atoms with Gasteiger partial charge in [0, 0.05) is 6.04 Å². The lowest BCUT2D eigenvalue weighted by molar-refractivity contribution is -0.138. The standard InChI is InChI=1S/C13H15NO4.ClH/c15-13(16)7-14-5-1-2-10(14)9-3-4-11-12(6-9)18-8-17-11;/h3-4,6,10H,1-2,5,7-8H2,(H,15,16);1H. The zero-order valence-corrected chi connectivity index (χ0v) is 11.2. The van der Waals surface area contributed by atoms with Crippen LogP contribution < -0.4 is 9.47 Å². The minimum atomic E-state index is -0.775. The first-order valence-electron chi connectivity index (χ1n) is 6.09. The smallest absolute Gasteiger partial charge is 0.317 e. The fraction of sp³-hybridized carbons (Fsp3) is 0.462. The first-order chi connectivity index (χ1) is 8.74. The van der Waals surface area contributed by atoms with Crippen molar-refractivity contribution >= 4 is 18.4 Å². The van der Waals surface area contributed by atoms with Crippen LogP contribution in [0.2, 0.25) is 0 Å². The molecule has 104 valence electrons. The van der Waals surface area contributed by atoms with Gasteiger partial charge < -0.3 is 14.6 Å². The second-order valence-electron chi connectivity index (χ2n) is 4.63. The number of rotatable bonds is 3. The van der Waals surface area contributed by atoms with Gasteiger partial charge >= 0.3 is 5.97 Å². The average Bonchev–Trinajstić information content (AvgIpc) is 2.95. The van der Waals surface area contributed by atoms with Crippen molar-refractivity contribution in [3.63, 3.8) is 0 Å². The van der Waals surface area contributed by atoms with E-state index >= 15 is 0 Å². The summed E-state index contributed by atoms with van der Waals surface area (Å²) in [7, 11) is 0. The average molecular weight is 286 g/mol. The molecule has 1 atom stereocenters. The van der Waals surface area contributed by atoms with E-state index in [-0.39, 0.29) is 31.8 Å². The van der Waals surface area contributed by atoms with Crippen molar-refractivity contribution in [2.24, 2.45) is 0 Å². The fourth-order valence-corrected chi connectivity index (χ4v) is 2.69. The van der Waals surface area contributed by atoms with Crippen LogP contribution in [0.1, 0.15) is 24.4 Å². The lowest BCUT2D eigenvalue weighted by atomic mass is 10.0.